The largest absolute Gasteiger partial charge is 0.481 e. The van der Waals surface area contributed by atoms with Gasteiger partial charge in [0, 0.05) is 0 Å². The Morgan fingerprint density at radius 3 is 2.33 bits per heavy atom. The fraction of sp³-hybridized carbons (Fsp3) is 0.200. The van der Waals surface area contributed by atoms with Gasteiger partial charge in [-0.25, -0.2) is 4.39 Å². The van der Waals surface area contributed by atoms with Crippen molar-refractivity contribution in [2.75, 3.05) is 0 Å². The number of rotatable bonds is 4. The number of aldehydes is 1. The maximum Gasteiger partial charge on any atom is 0.312 e. The van der Waals surface area contributed by atoms with Gasteiger partial charge in [-0.3, -0.25) is 4.79 Å². The second kappa shape index (κ2) is 5.02. The molecular weight excluding hydrogens is 267 g/mol. The van der Waals surface area contributed by atoms with Crippen molar-refractivity contribution in [2.24, 2.45) is 0 Å². The SMILES string of the molecule is O=CC(Br)C(C(=O)O)c1ccc(F)cc1. The molecule has 0 saturated heterocycles. The Balaban J connectivity index is 3.04. The summed E-state index contributed by atoms with van der Waals surface area (Å²) in [6.45, 7) is 0. The summed E-state index contributed by atoms with van der Waals surface area (Å²) in [5, 5.41) is 8.91. The van der Waals surface area contributed by atoms with Gasteiger partial charge in [0.1, 0.15) is 18.0 Å². The molecule has 0 amide bonds. The number of benzene rings is 1. The van der Waals surface area contributed by atoms with Crippen LogP contribution in [0.5, 0.6) is 0 Å². The van der Waals surface area contributed by atoms with E-state index in [1.807, 2.05) is 0 Å². The lowest BCUT2D eigenvalue weighted by Gasteiger charge is -2.13. The lowest BCUT2D eigenvalue weighted by Crippen LogP contribution is -2.22. The van der Waals surface area contributed by atoms with Gasteiger partial charge in [-0.05, 0) is 17.7 Å². The molecule has 1 aromatic rings. The van der Waals surface area contributed by atoms with E-state index in [2.05, 4.69) is 15.9 Å². The van der Waals surface area contributed by atoms with Crippen molar-refractivity contribution in [3.05, 3.63) is 35.6 Å². The molecule has 0 aliphatic rings. The first-order valence-corrected chi connectivity index (χ1v) is 5.05. The predicted molar refractivity (Wildman–Crippen MR) is 55.6 cm³/mol. The van der Waals surface area contributed by atoms with Crippen molar-refractivity contribution in [3.63, 3.8) is 0 Å². The lowest BCUT2D eigenvalue weighted by molar-refractivity contribution is -0.139. The first kappa shape index (κ1) is 11.8. The monoisotopic (exact) mass is 274 g/mol. The molecule has 0 spiro atoms. The Kier molecular flexibility index (Phi) is 3.96. The highest BCUT2D eigenvalue weighted by Gasteiger charge is 2.27. The van der Waals surface area contributed by atoms with Crippen LogP contribution >= 0.6 is 15.9 Å². The van der Waals surface area contributed by atoms with Crippen LogP contribution in [0.25, 0.3) is 0 Å². The molecule has 2 atom stereocenters. The zero-order chi connectivity index (χ0) is 11.4. The minimum atomic E-state index is -1.13. The molecule has 15 heavy (non-hydrogen) atoms. The van der Waals surface area contributed by atoms with Crippen LogP contribution in [0, 0.1) is 5.82 Å². The quantitative estimate of drug-likeness (QED) is 0.675. The van der Waals surface area contributed by atoms with E-state index < -0.39 is 22.5 Å². The molecule has 3 nitrogen and oxygen atoms in total. The van der Waals surface area contributed by atoms with Gasteiger partial charge >= 0.3 is 5.97 Å². The molecule has 0 saturated carbocycles. The summed E-state index contributed by atoms with van der Waals surface area (Å²) in [6.07, 6.45) is 0.502. The Bertz CT molecular complexity index is 363. The summed E-state index contributed by atoms with van der Waals surface area (Å²) >= 11 is 2.96. The van der Waals surface area contributed by atoms with Gasteiger partial charge in [0.15, 0.2) is 0 Å². The number of alkyl halides is 1. The van der Waals surface area contributed by atoms with Gasteiger partial charge in [0.05, 0.1) is 4.83 Å². The summed E-state index contributed by atoms with van der Waals surface area (Å²) in [5.41, 5.74) is 0.387. The first-order chi connectivity index (χ1) is 7.06. The molecule has 0 heterocycles. The third-order valence-electron chi connectivity index (χ3n) is 1.94. The van der Waals surface area contributed by atoms with Crippen LogP contribution in [0.1, 0.15) is 11.5 Å². The number of aliphatic carboxylic acids is 1. The maximum absolute atomic E-state index is 12.6. The van der Waals surface area contributed by atoms with E-state index >= 15 is 0 Å². The van der Waals surface area contributed by atoms with Gasteiger partial charge in [0.25, 0.3) is 0 Å². The van der Waals surface area contributed by atoms with E-state index in [1.54, 1.807) is 0 Å². The molecule has 0 radical (unpaired) electrons. The Morgan fingerprint density at radius 2 is 1.93 bits per heavy atom. The van der Waals surface area contributed by atoms with Crippen LogP contribution < -0.4 is 0 Å². The number of carbonyl (C=O) groups is 2. The van der Waals surface area contributed by atoms with E-state index in [0.29, 0.717) is 11.8 Å². The van der Waals surface area contributed by atoms with E-state index in [9.17, 15) is 14.0 Å². The molecular formula is C10H8BrFO3. The maximum atomic E-state index is 12.6. The third-order valence-corrected chi connectivity index (χ3v) is 2.69. The second-order valence-corrected chi connectivity index (χ2v) is 4.01. The standard InChI is InChI=1S/C10H8BrFO3/c11-8(5-13)9(10(14)15)6-1-3-7(12)4-2-6/h1-5,8-9H,(H,14,15). The van der Waals surface area contributed by atoms with Crippen molar-refractivity contribution in [2.45, 2.75) is 10.7 Å². The molecule has 0 aliphatic heterocycles. The summed E-state index contributed by atoms with van der Waals surface area (Å²) in [7, 11) is 0. The van der Waals surface area contributed by atoms with Crippen LogP contribution in [0.15, 0.2) is 24.3 Å². The number of hydrogen-bond acceptors (Lipinski definition) is 2. The molecule has 0 bridgehead atoms. The Labute approximate surface area is 94.0 Å². The zero-order valence-corrected chi connectivity index (χ0v) is 9.15. The average Bonchev–Trinajstić information content (AvgIpc) is 2.20. The fourth-order valence-electron chi connectivity index (χ4n) is 1.21. The predicted octanol–water partition coefficient (Wildman–Crippen LogP) is 1.96. The molecule has 0 fully saturated rings. The molecule has 80 valence electrons. The van der Waals surface area contributed by atoms with E-state index in [4.69, 9.17) is 5.11 Å². The highest BCUT2D eigenvalue weighted by atomic mass is 79.9. The topological polar surface area (TPSA) is 54.4 Å². The normalized spacial score (nSPS) is 14.3. The Hall–Kier alpha value is -1.23. The van der Waals surface area contributed by atoms with Gasteiger partial charge in [-0.15, -0.1) is 0 Å². The van der Waals surface area contributed by atoms with Crippen LogP contribution in [-0.4, -0.2) is 22.2 Å². The second-order valence-electron chi connectivity index (χ2n) is 2.95. The van der Waals surface area contributed by atoms with Gasteiger partial charge < -0.3 is 9.90 Å². The lowest BCUT2D eigenvalue weighted by atomic mass is 9.96. The van der Waals surface area contributed by atoms with Crippen molar-refractivity contribution in [1.29, 1.82) is 0 Å². The number of hydrogen-bond donors (Lipinski definition) is 1. The third kappa shape index (κ3) is 2.86. The number of carboxylic acids is 1. The van der Waals surface area contributed by atoms with Crippen LogP contribution in [0.4, 0.5) is 4.39 Å². The fourth-order valence-corrected chi connectivity index (χ4v) is 1.74. The number of carboxylic acid groups (broad SMARTS) is 1. The summed E-state index contributed by atoms with van der Waals surface area (Å²) < 4.78 is 12.6. The number of halogens is 2. The van der Waals surface area contributed by atoms with Crippen LogP contribution in [0.3, 0.4) is 0 Å². The van der Waals surface area contributed by atoms with Gasteiger partial charge in [-0.1, -0.05) is 28.1 Å². The molecule has 5 heteroatoms. The molecule has 1 aromatic carbocycles. The molecule has 1 rings (SSSR count). The minimum Gasteiger partial charge on any atom is -0.481 e. The minimum absolute atomic E-state index is 0.387. The first-order valence-electron chi connectivity index (χ1n) is 4.14. The van der Waals surface area contributed by atoms with Crippen molar-refractivity contribution >= 4 is 28.2 Å². The van der Waals surface area contributed by atoms with E-state index in [0.717, 1.165) is 12.1 Å². The molecule has 1 N–H and O–H groups in total. The van der Waals surface area contributed by atoms with E-state index in [1.165, 1.54) is 12.1 Å². The zero-order valence-electron chi connectivity index (χ0n) is 7.56. The molecule has 2 unspecified atom stereocenters. The summed E-state index contributed by atoms with van der Waals surface area (Å²) in [5.74, 6) is -2.57. The smallest absolute Gasteiger partial charge is 0.312 e. The highest BCUT2D eigenvalue weighted by Crippen LogP contribution is 2.24. The Morgan fingerprint density at radius 1 is 1.40 bits per heavy atom. The summed E-state index contributed by atoms with van der Waals surface area (Å²) in [6, 6.07) is 5.03. The highest BCUT2D eigenvalue weighted by molar-refractivity contribution is 9.10. The van der Waals surface area contributed by atoms with Crippen LogP contribution in [0.2, 0.25) is 0 Å². The van der Waals surface area contributed by atoms with Crippen LogP contribution in [-0.2, 0) is 9.59 Å². The average molecular weight is 275 g/mol. The summed E-state index contributed by atoms with van der Waals surface area (Å²) in [4.78, 5) is 20.6. The van der Waals surface area contributed by atoms with E-state index in [-0.39, 0.29) is 0 Å². The van der Waals surface area contributed by atoms with Crippen molar-refractivity contribution in [1.82, 2.24) is 0 Å². The van der Waals surface area contributed by atoms with Gasteiger partial charge in [0.2, 0.25) is 0 Å². The van der Waals surface area contributed by atoms with Crippen molar-refractivity contribution in [3.8, 4) is 0 Å². The van der Waals surface area contributed by atoms with Crippen molar-refractivity contribution < 1.29 is 19.1 Å². The van der Waals surface area contributed by atoms with Gasteiger partial charge in [-0.2, -0.15) is 0 Å². The molecule has 0 aliphatic carbocycles. The molecule has 0 aromatic heterocycles. The number of carbonyl (C=O) groups excluding carboxylic acids is 1.